The van der Waals surface area contributed by atoms with E-state index in [0.29, 0.717) is 15.6 Å². The summed E-state index contributed by atoms with van der Waals surface area (Å²) in [4.78, 5) is 15.8. The van der Waals surface area contributed by atoms with E-state index in [-0.39, 0.29) is 17.2 Å². The average Bonchev–Trinajstić information content (AvgIpc) is 2.33. The molecule has 0 aliphatic heterocycles. The Hall–Kier alpha value is -1.26. The van der Waals surface area contributed by atoms with E-state index >= 15 is 0 Å². The van der Waals surface area contributed by atoms with Crippen LogP contribution >= 0.6 is 27.5 Å². The molecular formula is C13H8BrClFNO. The lowest BCUT2D eigenvalue weighted by atomic mass is 10.0. The maximum absolute atomic E-state index is 13.6. The third-order valence-corrected chi connectivity index (χ3v) is 3.23. The molecule has 0 saturated carbocycles. The first-order valence-electron chi connectivity index (χ1n) is 5.14. The number of rotatable bonds is 3. The van der Waals surface area contributed by atoms with Crippen LogP contribution in [0.25, 0.3) is 0 Å². The fourth-order valence-corrected chi connectivity index (χ4v) is 2.09. The molecule has 0 aliphatic rings. The fraction of sp³-hybridized carbons (Fsp3) is 0.0769. The zero-order chi connectivity index (χ0) is 13.1. The molecule has 1 heterocycles. The fourth-order valence-electron chi connectivity index (χ4n) is 1.53. The van der Waals surface area contributed by atoms with Crippen LogP contribution < -0.4 is 0 Å². The predicted molar refractivity (Wildman–Crippen MR) is 71.4 cm³/mol. The van der Waals surface area contributed by atoms with Crippen molar-refractivity contribution in [1.82, 2.24) is 4.98 Å². The topological polar surface area (TPSA) is 30.0 Å². The summed E-state index contributed by atoms with van der Waals surface area (Å²) in [5.74, 6) is -0.647. The lowest BCUT2D eigenvalue weighted by Gasteiger charge is -2.04. The van der Waals surface area contributed by atoms with Gasteiger partial charge in [0.1, 0.15) is 5.82 Å². The molecule has 2 nitrogen and oxygen atoms in total. The lowest BCUT2D eigenvalue weighted by molar-refractivity contribution is 0.0992. The molecule has 2 rings (SSSR count). The third kappa shape index (κ3) is 2.94. The molecule has 1 aromatic carbocycles. The van der Waals surface area contributed by atoms with Crippen LogP contribution in [-0.4, -0.2) is 10.8 Å². The summed E-state index contributed by atoms with van der Waals surface area (Å²) in [7, 11) is 0. The molecule has 0 unspecified atom stereocenters. The minimum Gasteiger partial charge on any atom is -0.294 e. The van der Waals surface area contributed by atoms with Crippen molar-refractivity contribution in [3.05, 3.63) is 63.1 Å². The summed E-state index contributed by atoms with van der Waals surface area (Å²) in [5.41, 5.74) is 0.699. The normalized spacial score (nSPS) is 10.4. The number of carbonyl (C=O) groups excluding carboxylic acids is 1. The maximum atomic E-state index is 13.6. The number of carbonyl (C=O) groups is 1. The third-order valence-electron chi connectivity index (χ3n) is 2.44. The Labute approximate surface area is 117 Å². The van der Waals surface area contributed by atoms with Gasteiger partial charge in [-0.15, -0.1) is 0 Å². The van der Waals surface area contributed by atoms with Crippen LogP contribution in [0, 0.1) is 5.82 Å². The van der Waals surface area contributed by atoms with Crippen molar-refractivity contribution >= 4 is 33.3 Å². The number of hydrogen-bond donors (Lipinski definition) is 0. The molecule has 0 N–H and O–H groups in total. The van der Waals surface area contributed by atoms with Gasteiger partial charge >= 0.3 is 0 Å². The molecule has 1 aromatic heterocycles. The van der Waals surface area contributed by atoms with Crippen molar-refractivity contribution in [3.63, 3.8) is 0 Å². The van der Waals surface area contributed by atoms with Gasteiger partial charge in [-0.05, 0) is 23.8 Å². The van der Waals surface area contributed by atoms with E-state index < -0.39 is 5.82 Å². The predicted octanol–water partition coefficient (Wildman–Crippen LogP) is 4.06. The molecule has 5 heteroatoms. The van der Waals surface area contributed by atoms with Gasteiger partial charge in [0, 0.05) is 28.9 Å². The minimum atomic E-state index is -0.414. The number of nitrogens with zero attached hydrogens (tertiary/aromatic N) is 1. The first-order chi connectivity index (χ1) is 8.58. The number of aromatic nitrogens is 1. The minimum absolute atomic E-state index is 0.0250. The van der Waals surface area contributed by atoms with Crippen molar-refractivity contribution in [3.8, 4) is 0 Å². The van der Waals surface area contributed by atoms with Gasteiger partial charge in [-0.1, -0.05) is 33.6 Å². The Balaban J connectivity index is 2.24. The molecule has 18 heavy (non-hydrogen) atoms. The van der Waals surface area contributed by atoms with Gasteiger partial charge < -0.3 is 0 Å². The Kier molecular flexibility index (Phi) is 4.09. The number of hydrogen-bond acceptors (Lipinski definition) is 2. The van der Waals surface area contributed by atoms with Crippen molar-refractivity contribution in [1.29, 1.82) is 0 Å². The van der Waals surface area contributed by atoms with Gasteiger partial charge in [0.15, 0.2) is 5.78 Å². The average molecular weight is 329 g/mol. The van der Waals surface area contributed by atoms with Gasteiger partial charge in [-0.2, -0.15) is 0 Å². The summed E-state index contributed by atoms with van der Waals surface area (Å²) in [5, 5.41) is 0.278. The highest BCUT2D eigenvalue weighted by Gasteiger charge is 2.13. The van der Waals surface area contributed by atoms with E-state index in [0.717, 1.165) is 0 Å². The smallest absolute Gasteiger partial charge is 0.168 e. The second-order valence-corrected chi connectivity index (χ2v) is 5.01. The van der Waals surface area contributed by atoms with E-state index in [4.69, 9.17) is 11.6 Å². The summed E-state index contributed by atoms with van der Waals surface area (Å²) in [6.07, 6.45) is 2.85. The summed E-state index contributed by atoms with van der Waals surface area (Å²) >= 11 is 9.03. The highest BCUT2D eigenvalue weighted by atomic mass is 79.9. The molecule has 0 fully saturated rings. The Bertz CT molecular complexity index is 603. The highest BCUT2D eigenvalue weighted by molar-refractivity contribution is 9.10. The van der Waals surface area contributed by atoms with Gasteiger partial charge in [-0.25, -0.2) is 4.39 Å². The molecule has 0 saturated heterocycles. The van der Waals surface area contributed by atoms with E-state index in [1.54, 1.807) is 12.1 Å². The number of halogens is 3. The monoisotopic (exact) mass is 327 g/mol. The zero-order valence-electron chi connectivity index (χ0n) is 9.16. The Morgan fingerprint density at radius 2 is 2.17 bits per heavy atom. The number of Topliss-reactive ketones (excluding diaryl/α,β-unsaturated/α-hetero) is 1. The van der Waals surface area contributed by atoms with Crippen molar-refractivity contribution < 1.29 is 9.18 Å². The van der Waals surface area contributed by atoms with Gasteiger partial charge in [0.25, 0.3) is 0 Å². The van der Waals surface area contributed by atoms with Crippen LogP contribution in [-0.2, 0) is 6.42 Å². The molecule has 0 bridgehead atoms. The molecule has 0 amide bonds. The molecule has 0 radical (unpaired) electrons. The summed E-state index contributed by atoms with van der Waals surface area (Å²) < 4.78 is 14.2. The number of benzene rings is 1. The molecule has 0 aliphatic carbocycles. The van der Waals surface area contributed by atoms with E-state index in [1.807, 2.05) is 0 Å². The first-order valence-corrected chi connectivity index (χ1v) is 6.31. The number of pyridine rings is 1. The summed E-state index contributed by atoms with van der Waals surface area (Å²) in [6.45, 7) is 0. The molecular weight excluding hydrogens is 321 g/mol. The van der Waals surface area contributed by atoms with E-state index in [9.17, 15) is 9.18 Å². The zero-order valence-corrected chi connectivity index (χ0v) is 11.5. The first kappa shape index (κ1) is 13.2. The van der Waals surface area contributed by atoms with Crippen molar-refractivity contribution in [2.24, 2.45) is 0 Å². The van der Waals surface area contributed by atoms with Crippen LogP contribution in [0.4, 0.5) is 4.39 Å². The van der Waals surface area contributed by atoms with Crippen molar-refractivity contribution in [2.75, 3.05) is 0 Å². The van der Waals surface area contributed by atoms with E-state index in [1.165, 1.54) is 24.5 Å². The second kappa shape index (κ2) is 5.59. The van der Waals surface area contributed by atoms with Gasteiger partial charge in [0.05, 0.1) is 5.02 Å². The Morgan fingerprint density at radius 1 is 1.39 bits per heavy atom. The van der Waals surface area contributed by atoms with Crippen LogP contribution in [0.5, 0.6) is 0 Å². The van der Waals surface area contributed by atoms with Gasteiger partial charge in [0.2, 0.25) is 0 Å². The Morgan fingerprint density at radius 3 is 2.83 bits per heavy atom. The summed E-state index contributed by atoms with van der Waals surface area (Å²) in [6, 6.07) is 6.13. The van der Waals surface area contributed by atoms with Crippen LogP contribution in [0.1, 0.15) is 15.9 Å². The van der Waals surface area contributed by atoms with E-state index in [2.05, 4.69) is 20.9 Å². The molecule has 0 atom stereocenters. The SMILES string of the molecule is O=C(Cc1ccc(Br)cc1F)c1ccncc1Cl. The lowest BCUT2D eigenvalue weighted by Crippen LogP contribution is -2.06. The molecule has 92 valence electrons. The van der Waals surface area contributed by atoms with Crippen LogP contribution in [0.2, 0.25) is 5.02 Å². The number of ketones is 1. The highest BCUT2D eigenvalue weighted by Crippen LogP contribution is 2.19. The molecule has 2 aromatic rings. The van der Waals surface area contributed by atoms with Crippen LogP contribution in [0.3, 0.4) is 0 Å². The molecule has 0 spiro atoms. The van der Waals surface area contributed by atoms with Crippen LogP contribution in [0.15, 0.2) is 41.1 Å². The van der Waals surface area contributed by atoms with Crippen molar-refractivity contribution in [2.45, 2.75) is 6.42 Å². The van der Waals surface area contributed by atoms with Gasteiger partial charge in [-0.3, -0.25) is 9.78 Å². The maximum Gasteiger partial charge on any atom is 0.168 e. The largest absolute Gasteiger partial charge is 0.294 e. The standard InChI is InChI=1S/C13H8BrClFNO/c14-9-2-1-8(12(16)6-9)5-13(18)10-3-4-17-7-11(10)15/h1-4,6-7H,5H2. The quantitative estimate of drug-likeness (QED) is 0.795. The second-order valence-electron chi connectivity index (χ2n) is 3.69.